The van der Waals surface area contributed by atoms with E-state index in [9.17, 15) is 0 Å². The Morgan fingerprint density at radius 1 is 1.26 bits per heavy atom. The third-order valence-electron chi connectivity index (χ3n) is 3.39. The fourth-order valence-corrected chi connectivity index (χ4v) is 2.16. The van der Waals surface area contributed by atoms with Gasteiger partial charge in [0.25, 0.3) is 0 Å². The minimum absolute atomic E-state index is 0.732. The number of nitrogens with zero attached hydrogens (tertiary/aromatic N) is 3. The summed E-state index contributed by atoms with van der Waals surface area (Å²) in [6.07, 6.45) is 11.6. The molecule has 2 heterocycles. The van der Waals surface area contributed by atoms with E-state index in [4.69, 9.17) is 0 Å². The zero-order valence-electron chi connectivity index (χ0n) is 11.3. The van der Waals surface area contributed by atoms with Gasteiger partial charge in [0.05, 0.1) is 6.20 Å². The molecule has 2 aromatic heterocycles. The number of rotatable bonds is 6. The summed E-state index contributed by atoms with van der Waals surface area (Å²) in [5, 5.41) is 7.89. The average molecular weight is 256 g/mol. The molecule has 19 heavy (non-hydrogen) atoms. The van der Waals surface area contributed by atoms with E-state index in [2.05, 4.69) is 34.6 Å². The van der Waals surface area contributed by atoms with E-state index in [0.29, 0.717) is 0 Å². The Balaban J connectivity index is 1.72. The van der Waals surface area contributed by atoms with Gasteiger partial charge in [-0.25, -0.2) is 0 Å². The van der Waals surface area contributed by atoms with Crippen LogP contribution in [0, 0.1) is 0 Å². The summed E-state index contributed by atoms with van der Waals surface area (Å²) in [7, 11) is 0. The third kappa shape index (κ3) is 3.20. The topological polar surface area (TPSA) is 42.7 Å². The van der Waals surface area contributed by atoms with Crippen molar-refractivity contribution in [1.29, 1.82) is 0 Å². The van der Waals surface area contributed by atoms with Crippen LogP contribution in [0.2, 0.25) is 0 Å². The Hall–Kier alpha value is -1.68. The van der Waals surface area contributed by atoms with Crippen LogP contribution in [-0.2, 0) is 13.1 Å². The van der Waals surface area contributed by atoms with E-state index in [1.807, 2.05) is 23.3 Å². The molecule has 0 saturated heterocycles. The molecule has 0 aromatic carbocycles. The lowest BCUT2D eigenvalue weighted by Crippen LogP contribution is -2.15. The van der Waals surface area contributed by atoms with Crippen LogP contribution in [0.5, 0.6) is 0 Å². The van der Waals surface area contributed by atoms with E-state index in [1.54, 1.807) is 0 Å². The molecule has 1 aliphatic carbocycles. The van der Waals surface area contributed by atoms with Crippen molar-refractivity contribution in [3.8, 4) is 11.1 Å². The SMILES string of the molecule is CCCn1cc(-c2cncc(CNC3CC3)c2)cn1. The van der Waals surface area contributed by atoms with Crippen LogP contribution in [0.1, 0.15) is 31.7 Å². The van der Waals surface area contributed by atoms with Gasteiger partial charge < -0.3 is 5.32 Å². The summed E-state index contributed by atoms with van der Waals surface area (Å²) in [6.45, 7) is 4.04. The van der Waals surface area contributed by atoms with Gasteiger partial charge in [0.2, 0.25) is 0 Å². The van der Waals surface area contributed by atoms with Gasteiger partial charge in [-0.1, -0.05) is 6.92 Å². The molecule has 1 saturated carbocycles. The molecule has 0 unspecified atom stereocenters. The van der Waals surface area contributed by atoms with Gasteiger partial charge >= 0.3 is 0 Å². The Labute approximate surface area is 113 Å². The second-order valence-electron chi connectivity index (χ2n) is 5.23. The lowest BCUT2D eigenvalue weighted by atomic mass is 10.1. The van der Waals surface area contributed by atoms with Gasteiger partial charge in [-0.3, -0.25) is 9.67 Å². The maximum Gasteiger partial charge on any atom is 0.0568 e. The number of aromatic nitrogens is 3. The van der Waals surface area contributed by atoms with Crippen LogP contribution in [0.15, 0.2) is 30.9 Å². The fourth-order valence-electron chi connectivity index (χ4n) is 2.16. The van der Waals surface area contributed by atoms with Gasteiger partial charge in [-0.15, -0.1) is 0 Å². The van der Waals surface area contributed by atoms with Crippen molar-refractivity contribution in [2.45, 2.75) is 45.3 Å². The maximum absolute atomic E-state index is 4.37. The summed E-state index contributed by atoms with van der Waals surface area (Å²) >= 11 is 0. The maximum atomic E-state index is 4.37. The Morgan fingerprint density at radius 2 is 2.16 bits per heavy atom. The summed E-state index contributed by atoms with van der Waals surface area (Å²) in [5.74, 6) is 0. The monoisotopic (exact) mass is 256 g/mol. The minimum Gasteiger partial charge on any atom is -0.310 e. The van der Waals surface area contributed by atoms with Gasteiger partial charge in [-0.05, 0) is 30.9 Å². The van der Waals surface area contributed by atoms with Crippen molar-refractivity contribution >= 4 is 0 Å². The van der Waals surface area contributed by atoms with Crippen LogP contribution in [0.25, 0.3) is 11.1 Å². The molecular formula is C15H20N4. The quantitative estimate of drug-likeness (QED) is 0.864. The van der Waals surface area contributed by atoms with E-state index < -0.39 is 0 Å². The summed E-state index contributed by atoms with van der Waals surface area (Å²) in [6, 6.07) is 2.94. The van der Waals surface area contributed by atoms with Gasteiger partial charge in [-0.2, -0.15) is 5.10 Å². The highest BCUT2D eigenvalue weighted by atomic mass is 15.3. The molecule has 4 heteroatoms. The highest BCUT2D eigenvalue weighted by Crippen LogP contribution is 2.21. The van der Waals surface area contributed by atoms with E-state index in [1.165, 1.54) is 18.4 Å². The molecule has 0 atom stereocenters. The lowest BCUT2D eigenvalue weighted by molar-refractivity contribution is 0.603. The second kappa shape index (κ2) is 5.53. The molecule has 0 aliphatic heterocycles. The molecule has 0 amide bonds. The first kappa shape index (κ1) is 12.4. The fraction of sp³-hybridized carbons (Fsp3) is 0.467. The molecule has 0 radical (unpaired) electrons. The van der Waals surface area contributed by atoms with Crippen molar-refractivity contribution in [1.82, 2.24) is 20.1 Å². The van der Waals surface area contributed by atoms with Crippen molar-refractivity contribution in [3.63, 3.8) is 0 Å². The zero-order chi connectivity index (χ0) is 13.1. The predicted octanol–water partition coefficient (Wildman–Crippen LogP) is 2.61. The van der Waals surface area contributed by atoms with Crippen LogP contribution >= 0.6 is 0 Å². The van der Waals surface area contributed by atoms with Gasteiger partial charge in [0.1, 0.15) is 0 Å². The highest BCUT2D eigenvalue weighted by Gasteiger charge is 2.19. The summed E-state index contributed by atoms with van der Waals surface area (Å²) in [4.78, 5) is 4.34. The van der Waals surface area contributed by atoms with Crippen molar-refractivity contribution in [2.24, 2.45) is 0 Å². The second-order valence-corrected chi connectivity index (χ2v) is 5.23. The average Bonchev–Trinajstić information content (AvgIpc) is 3.15. The number of nitrogens with one attached hydrogen (secondary N) is 1. The molecule has 1 N–H and O–H groups in total. The molecule has 1 fully saturated rings. The molecule has 0 spiro atoms. The summed E-state index contributed by atoms with van der Waals surface area (Å²) < 4.78 is 1.99. The first-order valence-electron chi connectivity index (χ1n) is 7.05. The van der Waals surface area contributed by atoms with Crippen LogP contribution in [0.3, 0.4) is 0 Å². The highest BCUT2D eigenvalue weighted by molar-refractivity contribution is 5.61. The number of pyridine rings is 1. The predicted molar refractivity (Wildman–Crippen MR) is 75.6 cm³/mol. The van der Waals surface area contributed by atoms with Crippen LogP contribution in [-0.4, -0.2) is 20.8 Å². The van der Waals surface area contributed by atoms with Gasteiger partial charge in [0.15, 0.2) is 0 Å². The number of hydrogen-bond donors (Lipinski definition) is 1. The van der Waals surface area contributed by atoms with Gasteiger partial charge in [0, 0.05) is 48.8 Å². The largest absolute Gasteiger partial charge is 0.310 e. The van der Waals surface area contributed by atoms with Crippen molar-refractivity contribution in [3.05, 3.63) is 36.4 Å². The van der Waals surface area contributed by atoms with Crippen molar-refractivity contribution < 1.29 is 0 Å². The summed E-state index contributed by atoms with van der Waals surface area (Å²) in [5.41, 5.74) is 3.54. The molecule has 3 rings (SSSR count). The number of aryl methyl sites for hydroxylation is 1. The first-order chi connectivity index (χ1) is 9.35. The van der Waals surface area contributed by atoms with Crippen molar-refractivity contribution in [2.75, 3.05) is 0 Å². The van der Waals surface area contributed by atoms with E-state index in [0.717, 1.165) is 36.7 Å². The molecule has 2 aromatic rings. The van der Waals surface area contributed by atoms with Crippen LogP contribution < -0.4 is 5.32 Å². The molecule has 1 aliphatic rings. The third-order valence-corrected chi connectivity index (χ3v) is 3.39. The zero-order valence-corrected chi connectivity index (χ0v) is 11.3. The number of hydrogen-bond acceptors (Lipinski definition) is 3. The normalized spacial score (nSPS) is 14.8. The molecule has 100 valence electrons. The minimum atomic E-state index is 0.732. The first-order valence-corrected chi connectivity index (χ1v) is 7.05. The van der Waals surface area contributed by atoms with Crippen LogP contribution in [0.4, 0.5) is 0 Å². The van der Waals surface area contributed by atoms with E-state index in [-0.39, 0.29) is 0 Å². The Bertz CT molecular complexity index is 543. The van der Waals surface area contributed by atoms with E-state index >= 15 is 0 Å². The Morgan fingerprint density at radius 3 is 2.95 bits per heavy atom. The molecular weight excluding hydrogens is 236 g/mol. The lowest BCUT2D eigenvalue weighted by Gasteiger charge is -2.04. The standard InChI is InChI=1S/C15H20N4/c1-2-5-19-11-14(10-18-19)13-6-12(7-16-9-13)8-17-15-3-4-15/h6-7,9-11,15,17H,2-5,8H2,1H3. The Kier molecular flexibility index (Phi) is 3.60. The molecule has 0 bridgehead atoms. The smallest absolute Gasteiger partial charge is 0.0568 e. The molecule has 4 nitrogen and oxygen atoms in total.